The third kappa shape index (κ3) is 5.13. The van der Waals surface area contributed by atoms with Gasteiger partial charge in [0.05, 0.1) is 0 Å². The summed E-state index contributed by atoms with van der Waals surface area (Å²) >= 11 is 3.55. The molecule has 1 aromatic carbocycles. The monoisotopic (exact) mass is 341 g/mol. The van der Waals surface area contributed by atoms with Crippen LogP contribution in [0.5, 0.6) is 0 Å². The van der Waals surface area contributed by atoms with E-state index in [-0.39, 0.29) is 11.9 Å². The van der Waals surface area contributed by atoms with Crippen molar-refractivity contribution in [2.75, 3.05) is 18.4 Å². The molecule has 4 N–H and O–H groups in total. The fourth-order valence-corrected chi connectivity index (χ4v) is 2.25. The van der Waals surface area contributed by atoms with Crippen molar-refractivity contribution < 1.29 is 4.79 Å². The highest BCUT2D eigenvalue weighted by Gasteiger charge is 2.12. The number of nitrogens with one attached hydrogen (secondary N) is 2. The van der Waals surface area contributed by atoms with Gasteiger partial charge in [-0.1, -0.05) is 22.9 Å². The molecule has 5 heteroatoms. The van der Waals surface area contributed by atoms with Crippen LogP contribution < -0.4 is 16.4 Å². The van der Waals surface area contributed by atoms with Crippen LogP contribution in [0.15, 0.2) is 16.6 Å². The lowest BCUT2D eigenvalue weighted by Gasteiger charge is -2.19. The van der Waals surface area contributed by atoms with E-state index in [0.29, 0.717) is 19.5 Å². The van der Waals surface area contributed by atoms with Gasteiger partial charge in [-0.05, 0) is 43.5 Å². The van der Waals surface area contributed by atoms with Crippen molar-refractivity contribution in [3.05, 3.63) is 27.7 Å². The Morgan fingerprint density at radius 1 is 1.35 bits per heavy atom. The Morgan fingerprint density at radius 2 is 1.95 bits per heavy atom. The summed E-state index contributed by atoms with van der Waals surface area (Å²) in [5, 5.41) is 6.21. The van der Waals surface area contributed by atoms with E-state index >= 15 is 0 Å². The molecule has 0 aliphatic carbocycles. The summed E-state index contributed by atoms with van der Waals surface area (Å²) in [7, 11) is 0. The smallest absolute Gasteiger partial charge is 0.222 e. The van der Waals surface area contributed by atoms with Gasteiger partial charge in [-0.2, -0.15) is 0 Å². The topological polar surface area (TPSA) is 67.2 Å². The van der Waals surface area contributed by atoms with Crippen molar-refractivity contribution in [2.45, 2.75) is 39.7 Å². The SMILES string of the molecule is CCCNC(=O)CC(CN)Nc1cc(C)c(Br)c(C)c1. The number of anilines is 1. The molecule has 0 aliphatic rings. The minimum Gasteiger partial charge on any atom is -0.381 e. The standard InChI is InChI=1S/C15H24BrN3O/c1-4-5-18-14(20)8-13(9-17)19-12-6-10(2)15(16)11(3)7-12/h6-7,13,19H,4-5,8-9,17H2,1-3H3,(H,18,20). The van der Waals surface area contributed by atoms with E-state index in [9.17, 15) is 4.79 Å². The Morgan fingerprint density at radius 3 is 2.45 bits per heavy atom. The maximum absolute atomic E-state index is 11.7. The molecule has 0 radical (unpaired) electrons. The summed E-state index contributed by atoms with van der Waals surface area (Å²) in [5.74, 6) is 0.0420. The predicted molar refractivity (Wildman–Crippen MR) is 88.0 cm³/mol. The van der Waals surface area contributed by atoms with Gasteiger partial charge in [-0.15, -0.1) is 0 Å². The van der Waals surface area contributed by atoms with Crippen LogP contribution in [0.3, 0.4) is 0 Å². The van der Waals surface area contributed by atoms with Crippen LogP contribution in [0.25, 0.3) is 0 Å². The van der Waals surface area contributed by atoms with Crippen molar-refractivity contribution in [2.24, 2.45) is 5.73 Å². The molecule has 1 unspecified atom stereocenters. The molecule has 0 spiro atoms. The summed E-state index contributed by atoms with van der Waals surface area (Å²) in [5.41, 5.74) is 9.08. The van der Waals surface area contributed by atoms with Crippen LogP contribution in [0.2, 0.25) is 0 Å². The van der Waals surface area contributed by atoms with Crippen LogP contribution in [0, 0.1) is 13.8 Å². The van der Waals surface area contributed by atoms with Crippen molar-refractivity contribution >= 4 is 27.5 Å². The first-order valence-electron chi connectivity index (χ1n) is 6.98. The first-order chi connectivity index (χ1) is 9.47. The van der Waals surface area contributed by atoms with E-state index in [1.54, 1.807) is 0 Å². The summed E-state index contributed by atoms with van der Waals surface area (Å²) in [4.78, 5) is 11.7. The van der Waals surface area contributed by atoms with E-state index < -0.39 is 0 Å². The summed E-state index contributed by atoms with van der Waals surface area (Å²) < 4.78 is 1.12. The van der Waals surface area contributed by atoms with Crippen LogP contribution in [0.4, 0.5) is 5.69 Å². The van der Waals surface area contributed by atoms with Crippen molar-refractivity contribution in [3.8, 4) is 0 Å². The molecule has 0 heterocycles. The molecule has 0 saturated carbocycles. The molecule has 0 aliphatic heterocycles. The summed E-state index contributed by atoms with van der Waals surface area (Å²) in [6.07, 6.45) is 1.34. The Bertz CT molecular complexity index is 439. The number of benzene rings is 1. The van der Waals surface area contributed by atoms with Gasteiger partial charge in [-0.25, -0.2) is 0 Å². The van der Waals surface area contributed by atoms with E-state index in [2.05, 4.69) is 38.7 Å². The van der Waals surface area contributed by atoms with Gasteiger partial charge in [0.1, 0.15) is 0 Å². The normalized spacial score (nSPS) is 12.1. The van der Waals surface area contributed by atoms with Crippen LogP contribution in [0.1, 0.15) is 30.9 Å². The van der Waals surface area contributed by atoms with Crippen molar-refractivity contribution in [3.63, 3.8) is 0 Å². The van der Waals surface area contributed by atoms with Gasteiger partial charge in [0.15, 0.2) is 0 Å². The van der Waals surface area contributed by atoms with E-state index in [1.165, 1.54) is 11.1 Å². The second-order valence-electron chi connectivity index (χ2n) is 5.06. The molecule has 1 rings (SSSR count). The molecule has 1 aromatic rings. The van der Waals surface area contributed by atoms with E-state index in [0.717, 1.165) is 16.6 Å². The number of amides is 1. The zero-order valence-electron chi connectivity index (χ0n) is 12.4. The number of carbonyl (C=O) groups is 1. The number of rotatable bonds is 7. The predicted octanol–water partition coefficient (Wildman–Crippen LogP) is 2.72. The molecule has 1 amide bonds. The Labute approximate surface area is 129 Å². The highest BCUT2D eigenvalue weighted by atomic mass is 79.9. The minimum absolute atomic E-state index is 0.0420. The molecule has 0 bridgehead atoms. The summed E-state index contributed by atoms with van der Waals surface area (Å²) in [6, 6.07) is 4.07. The molecule has 112 valence electrons. The van der Waals surface area contributed by atoms with Crippen LogP contribution >= 0.6 is 15.9 Å². The first-order valence-corrected chi connectivity index (χ1v) is 7.77. The average Bonchev–Trinajstić information content (AvgIpc) is 2.41. The highest BCUT2D eigenvalue weighted by Crippen LogP contribution is 2.25. The maximum atomic E-state index is 11.7. The Hall–Kier alpha value is -1.07. The lowest BCUT2D eigenvalue weighted by atomic mass is 10.1. The first kappa shape index (κ1) is 17.0. The van der Waals surface area contributed by atoms with Crippen LogP contribution in [-0.2, 0) is 4.79 Å². The molecule has 0 saturated heterocycles. The van der Waals surface area contributed by atoms with Crippen molar-refractivity contribution in [1.82, 2.24) is 5.32 Å². The highest BCUT2D eigenvalue weighted by molar-refractivity contribution is 9.10. The molecule has 1 atom stereocenters. The lowest BCUT2D eigenvalue weighted by molar-refractivity contribution is -0.121. The Kier molecular flexibility index (Phi) is 7.02. The van der Waals surface area contributed by atoms with Gasteiger partial charge in [0.25, 0.3) is 0 Å². The average molecular weight is 342 g/mol. The van der Waals surface area contributed by atoms with Crippen molar-refractivity contribution in [1.29, 1.82) is 0 Å². The number of aryl methyl sites for hydroxylation is 2. The lowest BCUT2D eigenvalue weighted by Crippen LogP contribution is -2.36. The summed E-state index contributed by atoms with van der Waals surface area (Å²) in [6.45, 7) is 7.27. The molecule has 4 nitrogen and oxygen atoms in total. The number of hydrogen-bond acceptors (Lipinski definition) is 3. The minimum atomic E-state index is -0.0492. The molecular formula is C15H24BrN3O. The molecular weight excluding hydrogens is 318 g/mol. The number of nitrogens with two attached hydrogens (primary N) is 1. The third-order valence-corrected chi connectivity index (χ3v) is 4.35. The van der Waals surface area contributed by atoms with Gasteiger partial charge in [0, 0.05) is 35.7 Å². The third-order valence-electron chi connectivity index (χ3n) is 3.10. The number of carbonyl (C=O) groups excluding carboxylic acids is 1. The fourth-order valence-electron chi connectivity index (χ4n) is 2.02. The van der Waals surface area contributed by atoms with Crippen LogP contribution in [-0.4, -0.2) is 25.0 Å². The molecule has 0 fully saturated rings. The van der Waals surface area contributed by atoms with Gasteiger partial charge < -0.3 is 16.4 Å². The Balaban J connectivity index is 2.66. The second kappa shape index (κ2) is 8.27. The molecule has 20 heavy (non-hydrogen) atoms. The second-order valence-corrected chi connectivity index (χ2v) is 5.85. The molecule has 0 aromatic heterocycles. The largest absolute Gasteiger partial charge is 0.381 e. The number of halogens is 1. The zero-order chi connectivity index (χ0) is 15.1. The van der Waals surface area contributed by atoms with Gasteiger partial charge in [-0.3, -0.25) is 4.79 Å². The quantitative estimate of drug-likeness (QED) is 0.714. The number of hydrogen-bond donors (Lipinski definition) is 3. The zero-order valence-corrected chi connectivity index (χ0v) is 14.0. The fraction of sp³-hybridized carbons (Fsp3) is 0.533. The van der Waals surface area contributed by atoms with E-state index in [1.807, 2.05) is 20.8 Å². The van der Waals surface area contributed by atoms with Gasteiger partial charge >= 0.3 is 0 Å². The van der Waals surface area contributed by atoms with E-state index in [4.69, 9.17) is 5.73 Å². The van der Waals surface area contributed by atoms with Gasteiger partial charge in [0.2, 0.25) is 5.91 Å². The maximum Gasteiger partial charge on any atom is 0.222 e.